The van der Waals surface area contributed by atoms with Gasteiger partial charge in [-0.05, 0) is 18.2 Å². The second kappa shape index (κ2) is 5.89. The molecule has 0 atom stereocenters. The molecule has 0 aliphatic carbocycles. The van der Waals surface area contributed by atoms with Gasteiger partial charge in [-0.1, -0.05) is 42.2 Å². The van der Waals surface area contributed by atoms with Crippen LogP contribution >= 0.6 is 23.2 Å². The highest BCUT2D eigenvalue weighted by molar-refractivity contribution is 6.36. The van der Waals surface area contributed by atoms with Gasteiger partial charge in [0.1, 0.15) is 5.84 Å². The molecule has 4 nitrogen and oxygen atoms in total. The fraction of sp³-hybridized carbons (Fsp3) is 0.273. The number of hydrogen-bond acceptors (Lipinski definition) is 3. The second-order valence-electron chi connectivity index (χ2n) is 3.67. The first-order chi connectivity index (χ1) is 7.91. The molecule has 0 amide bonds. The van der Waals surface area contributed by atoms with E-state index >= 15 is 0 Å². The van der Waals surface area contributed by atoms with E-state index in [1.165, 1.54) is 12.1 Å². The molecule has 0 spiro atoms. The number of halogens is 2. The van der Waals surface area contributed by atoms with E-state index in [0.717, 1.165) is 0 Å². The van der Waals surface area contributed by atoms with Gasteiger partial charge in [0, 0.05) is 10.9 Å². The van der Waals surface area contributed by atoms with E-state index in [4.69, 9.17) is 28.9 Å². The van der Waals surface area contributed by atoms with Crippen LogP contribution in [-0.2, 0) is 4.84 Å². The van der Waals surface area contributed by atoms with E-state index in [0.29, 0.717) is 5.02 Å². The number of hydrogen-bond donors (Lipinski definition) is 1. The lowest BCUT2D eigenvalue weighted by atomic mass is 10.2. The summed E-state index contributed by atoms with van der Waals surface area (Å²) in [6, 6.07) is 4.46. The molecule has 0 unspecified atom stereocenters. The van der Waals surface area contributed by atoms with Gasteiger partial charge in [0.05, 0.1) is 10.6 Å². The van der Waals surface area contributed by atoms with Crippen LogP contribution in [0.5, 0.6) is 0 Å². The Morgan fingerprint density at radius 1 is 1.41 bits per heavy atom. The topological polar surface area (TPSA) is 64.7 Å². The number of nitrogens with zero attached hydrogens (tertiary/aromatic N) is 1. The molecule has 0 heterocycles. The van der Waals surface area contributed by atoms with E-state index in [9.17, 15) is 4.79 Å². The Morgan fingerprint density at radius 3 is 2.59 bits per heavy atom. The van der Waals surface area contributed by atoms with Crippen molar-refractivity contribution in [3.05, 3.63) is 33.8 Å². The molecule has 0 bridgehead atoms. The van der Waals surface area contributed by atoms with Gasteiger partial charge in [-0.2, -0.15) is 0 Å². The van der Waals surface area contributed by atoms with Gasteiger partial charge in [-0.25, -0.2) is 4.79 Å². The predicted octanol–water partition coefficient (Wildman–Crippen LogP) is 3.08. The van der Waals surface area contributed by atoms with Crippen molar-refractivity contribution < 1.29 is 9.63 Å². The largest absolute Gasteiger partial charge is 0.384 e. The Hall–Kier alpha value is -1.26. The summed E-state index contributed by atoms with van der Waals surface area (Å²) in [5.74, 6) is -0.429. The monoisotopic (exact) mass is 274 g/mol. The van der Waals surface area contributed by atoms with Gasteiger partial charge in [0.2, 0.25) is 0 Å². The maximum atomic E-state index is 11.6. The third-order valence-electron chi connectivity index (χ3n) is 1.98. The number of carbonyl (C=O) groups is 1. The fourth-order valence-corrected chi connectivity index (χ4v) is 1.39. The van der Waals surface area contributed by atoms with Crippen LogP contribution in [0.25, 0.3) is 0 Å². The molecule has 6 heteroatoms. The molecule has 0 saturated carbocycles. The standard InChI is InChI=1S/C11H12Cl2N2O2/c1-6(2)10(14)15-17-11(16)8-4-3-7(12)5-9(8)13/h3-6H,1-2H3,(H2,14,15). The van der Waals surface area contributed by atoms with Gasteiger partial charge in [0.15, 0.2) is 0 Å². The summed E-state index contributed by atoms with van der Waals surface area (Å²) < 4.78 is 0. The first kappa shape index (κ1) is 13.8. The summed E-state index contributed by atoms with van der Waals surface area (Å²) in [7, 11) is 0. The van der Waals surface area contributed by atoms with Gasteiger partial charge >= 0.3 is 5.97 Å². The summed E-state index contributed by atoms with van der Waals surface area (Å²) >= 11 is 11.5. The number of amidine groups is 1. The van der Waals surface area contributed by atoms with E-state index in [-0.39, 0.29) is 22.3 Å². The average molecular weight is 275 g/mol. The van der Waals surface area contributed by atoms with E-state index in [2.05, 4.69) is 9.99 Å². The predicted molar refractivity (Wildman–Crippen MR) is 68.3 cm³/mol. The Morgan fingerprint density at radius 2 is 2.06 bits per heavy atom. The maximum absolute atomic E-state index is 11.6. The summed E-state index contributed by atoms with van der Waals surface area (Å²) in [6.07, 6.45) is 0. The maximum Gasteiger partial charge on any atom is 0.367 e. The number of nitrogens with two attached hydrogens (primary N) is 1. The van der Waals surface area contributed by atoms with Crippen molar-refractivity contribution in [2.45, 2.75) is 13.8 Å². The Bertz CT molecular complexity index is 459. The molecular weight excluding hydrogens is 263 g/mol. The van der Waals surface area contributed by atoms with Crippen molar-refractivity contribution >= 4 is 35.0 Å². The zero-order valence-electron chi connectivity index (χ0n) is 9.41. The first-order valence-electron chi connectivity index (χ1n) is 4.91. The lowest BCUT2D eigenvalue weighted by Crippen LogP contribution is -2.20. The van der Waals surface area contributed by atoms with Crippen molar-refractivity contribution in [3.63, 3.8) is 0 Å². The van der Waals surface area contributed by atoms with E-state index in [1.807, 2.05) is 13.8 Å². The average Bonchev–Trinajstić information content (AvgIpc) is 2.25. The molecular formula is C11H12Cl2N2O2. The molecule has 92 valence electrons. The van der Waals surface area contributed by atoms with Crippen LogP contribution in [0.2, 0.25) is 10.0 Å². The summed E-state index contributed by atoms with van der Waals surface area (Å²) in [5.41, 5.74) is 5.71. The number of benzene rings is 1. The number of carbonyl (C=O) groups excluding carboxylic acids is 1. The third-order valence-corrected chi connectivity index (χ3v) is 2.52. The highest BCUT2D eigenvalue weighted by Crippen LogP contribution is 2.21. The lowest BCUT2D eigenvalue weighted by Gasteiger charge is -2.04. The van der Waals surface area contributed by atoms with Crippen molar-refractivity contribution in [1.82, 2.24) is 0 Å². The third kappa shape index (κ3) is 3.91. The van der Waals surface area contributed by atoms with Crippen LogP contribution in [0.1, 0.15) is 24.2 Å². The van der Waals surface area contributed by atoms with Gasteiger partial charge in [-0.15, -0.1) is 0 Å². The van der Waals surface area contributed by atoms with Crippen LogP contribution in [0.3, 0.4) is 0 Å². The summed E-state index contributed by atoms with van der Waals surface area (Å²) in [6.45, 7) is 3.67. The molecule has 0 aliphatic heterocycles. The Balaban J connectivity index is 2.81. The minimum atomic E-state index is -0.671. The van der Waals surface area contributed by atoms with Crippen LogP contribution < -0.4 is 5.73 Å². The van der Waals surface area contributed by atoms with Gasteiger partial charge < -0.3 is 10.6 Å². The van der Waals surface area contributed by atoms with Crippen LogP contribution in [0.15, 0.2) is 23.4 Å². The molecule has 1 rings (SSSR count). The zero-order valence-corrected chi connectivity index (χ0v) is 10.9. The lowest BCUT2D eigenvalue weighted by molar-refractivity contribution is 0.0514. The Labute approximate surface area is 109 Å². The molecule has 0 radical (unpaired) electrons. The SMILES string of the molecule is CC(C)/C(N)=N/OC(=O)c1ccc(Cl)cc1Cl. The van der Waals surface area contributed by atoms with Crippen LogP contribution in [0.4, 0.5) is 0 Å². The highest BCUT2D eigenvalue weighted by Gasteiger charge is 2.13. The quantitative estimate of drug-likeness (QED) is 0.399. The van der Waals surface area contributed by atoms with Gasteiger partial charge in [0.25, 0.3) is 0 Å². The van der Waals surface area contributed by atoms with E-state index < -0.39 is 5.97 Å². The smallest absolute Gasteiger partial charge is 0.367 e. The number of rotatable bonds is 3. The molecule has 0 aliphatic rings. The summed E-state index contributed by atoms with van der Waals surface area (Å²) in [4.78, 5) is 16.3. The Kier molecular flexibility index (Phi) is 4.78. The normalized spacial score (nSPS) is 11.7. The van der Waals surface area contributed by atoms with Crippen molar-refractivity contribution in [1.29, 1.82) is 0 Å². The minimum Gasteiger partial charge on any atom is -0.384 e. The fourth-order valence-electron chi connectivity index (χ4n) is 0.904. The minimum absolute atomic E-state index is 0.00323. The van der Waals surface area contributed by atoms with Crippen molar-refractivity contribution in [2.24, 2.45) is 16.8 Å². The van der Waals surface area contributed by atoms with Crippen molar-refractivity contribution in [2.75, 3.05) is 0 Å². The van der Waals surface area contributed by atoms with Crippen LogP contribution in [-0.4, -0.2) is 11.8 Å². The van der Waals surface area contributed by atoms with Crippen LogP contribution in [0, 0.1) is 5.92 Å². The molecule has 0 aromatic heterocycles. The van der Waals surface area contributed by atoms with E-state index in [1.54, 1.807) is 6.07 Å². The highest BCUT2D eigenvalue weighted by atomic mass is 35.5. The first-order valence-corrected chi connectivity index (χ1v) is 5.67. The molecule has 0 saturated heterocycles. The number of oxime groups is 1. The molecule has 1 aromatic rings. The molecule has 2 N–H and O–H groups in total. The summed E-state index contributed by atoms with van der Waals surface area (Å²) in [5, 5.41) is 4.17. The molecule has 17 heavy (non-hydrogen) atoms. The molecule has 1 aromatic carbocycles. The second-order valence-corrected chi connectivity index (χ2v) is 4.52. The molecule has 0 fully saturated rings. The zero-order chi connectivity index (χ0) is 13.0. The van der Waals surface area contributed by atoms with Gasteiger partial charge in [-0.3, -0.25) is 0 Å². The van der Waals surface area contributed by atoms with Crippen molar-refractivity contribution in [3.8, 4) is 0 Å².